The summed E-state index contributed by atoms with van der Waals surface area (Å²) in [5, 5.41) is 0. The lowest BCUT2D eigenvalue weighted by Crippen LogP contribution is -2.16. The Morgan fingerprint density at radius 3 is 2.48 bits per heavy atom. The van der Waals surface area contributed by atoms with Gasteiger partial charge in [-0.15, -0.1) is 0 Å². The van der Waals surface area contributed by atoms with Crippen LogP contribution in [-0.2, 0) is 16.6 Å². The van der Waals surface area contributed by atoms with Crippen LogP contribution in [0.3, 0.4) is 0 Å². The molecule has 0 unspecified atom stereocenters. The highest BCUT2D eigenvalue weighted by Gasteiger charge is 2.20. The Balaban J connectivity index is 2.50. The van der Waals surface area contributed by atoms with Crippen LogP contribution in [0.2, 0.25) is 0 Å². The molecule has 0 fully saturated rings. The largest absolute Gasteiger partial charge is 0.326 e. The minimum Gasteiger partial charge on any atom is -0.326 e. The molecule has 2 aromatic rings. The molecule has 0 heterocycles. The molecule has 21 heavy (non-hydrogen) atoms. The normalized spacial score (nSPS) is 11.4. The minimum absolute atomic E-state index is 0.0762. The van der Waals surface area contributed by atoms with E-state index in [1.165, 1.54) is 24.3 Å². The van der Waals surface area contributed by atoms with E-state index in [0.717, 1.165) is 5.56 Å². The number of anilines is 1. The maximum absolute atomic E-state index is 13.6. The summed E-state index contributed by atoms with van der Waals surface area (Å²) in [5.74, 6) is -0.620. The number of halogens is 1. The van der Waals surface area contributed by atoms with Crippen LogP contribution in [0.1, 0.15) is 16.7 Å². The van der Waals surface area contributed by atoms with Gasteiger partial charge in [-0.1, -0.05) is 18.2 Å². The third-order valence-electron chi connectivity index (χ3n) is 3.32. The predicted octanol–water partition coefficient (Wildman–Crippen LogP) is 2.70. The Morgan fingerprint density at radius 1 is 1.19 bits per heavy atom. The lowest BCUT2D eigenvalue weighted by molar-refractivity contribution is 0.597. The number of sulfonamides is 1. The van der Waals surface area contributed by atoms with Gasteiger partial charge in [0.1, 0.15) is 5.82 Å². The van der Waals surface area contributed by atoms with Crippen LogP contribution >= 0.6 is 0 Å². The smallest absolute Gasteiger partial charge is 0.262 e. The van der Waals surface area contributed by atoms with Crippen LogP contribution in [0.25, 0.3) is 0 Å². The highest BCUT2D eigenvalue weighted by Crippen LogP contribution is 2.24. The molecule has 0 bridgehead atoms. The monoisotopic (exact) mass is 308 g/mol. The van der Waals surface area contributed by atoms with Crippen molar-refractivity contribution in [2.75, 3.05) is 4.72 Å². The van der Waals surface area contributed by atoms with Crippen LogP contribution in [0.5, 0.6) is 0 Å². The molecule has 0 atom stereocenters. The second-order valence-electron chi connectivity index (χ2n) is 4.83. The van der Waals surface area contributed by atoms with Gasteiger partial charge >= 0.3 is 0 Å². The van der Waals surface area contributed by atoms with E-state index in [9.17, 15) is 12.8 Å². The number of hydrogen-bond acceptors (Lipinski definition) is 3. The van der Waals surface area contributed by atoms with Gasteiger partial charge < -0.3 is 5.73 Å². The van der Waals surface area contributed by atoms with Gasteiger partial charge in [0.2, 0.25) is 0 Å². The van der Waals surface area contributed by atoms with E-state index in [-0.39, 0.29) is 17.1 Å². The van der Waals surface area contributed by atoms with Crippen LogP contribution in [-0.4, -0.2) is 8.42 Å². The molecule has 2 rings (SSSR count). The fourth-order valence-corrected chi connectivity index (χ4v) is 3.48. The zero-order chi connectivity index (χ0) is 15.6. The lowest BCUT2D eigenvalue weighted by atomic mass is 10.1. The average Bonchev–Trinajstić information content (AvgIpc) is 2.43. The quantitative estimate of drug-likeness (QED) is 0.912. The zero-order valence-corrected chi connectivity index (χ0v) is 12.7. The van der Waals surface area contributed by atoms with Crippen molar-refractivity contribution in [3.63, 3.8) is 0 Å². The first-order chi connectivity index (χ1) is 9.85. The summed E-state index contributed by atoms with van der Waals surface area (Å²) in [6.45, 7) is 3.77. The molecular formula is C15H17FN2O2S. The molecule has 0 amide bonds. The topological polar surface area (TPSA) is 72.2 Å². The van der Waals surface area contributed by atoms with Gasteiger partial charge in [-0.3, -0.25) is 4.72 Å². The molecule has 0 spiro atoms. The molecule has 0 aliphatic carbocycles. The molecule has 0 aliphatic rings. The minimum atomic E-state index is -3.87. The fraction of sp³-hybridized carbons (Fsp3) is 0.200. The maximum Gasteiger partial charge on any atom is 0.262 e. The first-order valence-corrected chi connectivity index (χ1v) is 7.91. The second kappa shape index (κ2) is 5.83. The number of nitrogens with one attached hydrogen (secondary N) is 1. The summed E-state index contributed by atoms with van der Waals surface area (Å²) in [7, 11) is -3.87. The maximum atomic E-state index is 13.6. The highest BCUT2D eigenvalue weighted by molar-refractivity contribution is 7.92. The first kappa shape index (κ1) is 15.5. The summed E-state index contributed by atoms with van der Waals surface area (Å²) in [6.07, 6.45) is 0. The average molecular weight is 308 g/mol. The number of benzene rings is 2. The number of rotatable bonds is 4. The first-order valence-electron chi connectivity index (χ1n) is 6.42. The van der Waals surface area contributed by atoms with Crippen LogP contribution < -0.4 is 10.5 Å². The van der Waals surface area contributed by atoms with Crippen molar-refractivity contribution < 1.29 is 12.8 Å². The van der Waals surface area contributed by atoms with Gasteiger partial charge in [0.15, 0.2) is 0 Å². The van der Waals surface area contributed by atoms with E-state index in [2.05, 4.69) is 4.72 Å². The Bertz CT molecular complexity index is 773. The van der Waals surface area contributed by atoms with Crippen molar-refractivity contribution >= 4 is 15.7 Å². The molecule has 2 aromatic carbocycles. The van der Waals surface area contributed by atoms with Crippen LogP contribution in [0.15, 0.2) is 41.3 Å². The molecule has 4 nitrogen and oxygen atoms in total. The van der Waals surface area contributed by atoms with E-state index in [0.29, 0.717) is 11.1 Å². The lowest BCUT2D eigenvalue weighted by Gasteiger charge is -2.14. The zero-order valence-electron chi connectivity index (χ0n) is 11.9. The van der Waals surface area contributed by atoms with E-state index in [4.69, 9.17) is 5.73 Å². The van der Waals surface area contributed by atoms with Crippen molar-refractivity contribution in [1.82, 2.24) is 0 Å². The van der Waals surface area contributed by atoms with Crippen LogP contribution in [0.4, 0.5) is 10.1 Å². The van der Waals surface area contributed by atoms with E-state index >= 15 is 0 Å². The van der Waals surface area contributed by atoms with E-state index in [1.807, 2.05) is 13.0 Å². The molecule has 0 saturated heterocycles. The van der Waals surface area contributed by atoms with Gasteiger partial charge in [-0.05, 0) is 48.7 Å². The summed E-state index contributed by atoms with van der Waals surface area (Å²) in [6, 6.07) is 9.00. The van der Waals surface area contributed by atoms with Gasteiger partial charge in [0.25, 0.3) is 10.0 Å². The molecule has 0 aromatic heterocycles. The third kappa shape index (κ3) is 3.22. The second-order valence-corrected chi connectivity index (χ2v) is 6.48. The third-order valence-corrected chi connectivity index (χ3v) is 4.81. The van der Waals surface area contributed by atoms with Crippen molar-refractivity contribution in [2.45, 2.75) is 25.3 Å². The van der Waals surface area contributed by atoms with Gasteiger partial charge in [0, 0.05) is 6.54 Å². The molecule has 0 aliphatic heterocycles. The standard InChI is InChI=1S/C15H17FN2O2S/c1-10-7-12(9-17)8-15(11(10)2)21(19,20)18-14-6-4-3-5-13(14)16/h3-8,18H,9,17H2,1-2H3. The van der Waals surface area contributed by atoms with Gasteiger partial charge in [-0.25, -0.2) is 12.8 Å². The van der Waals surface area contributed by atoms with Crippen LogP contribution in [0, 0.1) is 19.7 Å². The summed E-state index contributed by atoms with van der Waals surface area (Å²) < 4.78 is 40.8. The van der Waals surface area contributed by atoms with Crippen molar-refractivity contribution in [3.05, 3.63) is 58.9 Å². The Hall–Kier alpha value is -1.92. The van der Waals surface area contributed by atoms with Gasteiger partial charge in [0.05, 0.1) is 10.6 Å². The number of para-hydroxylation sites is 1. The molecule has 112 valence electrons. The number of hydrogen-bond donors (Lipinski definition) is 2. The molecule has 0 radical (unpaired) electrons. The SMILES string of the molecule is Cc1cc(CN)cc(S(=O)(=O)Nc2ccccc2F)c1C. The van der Waals surface area contributed by atoms with Crippen molar-refractivity contribution in [2.24, 2.45) is 5.73 Å². The molecular weight excluding hydrogens is 291 g/mol. The Labute approximate surface area is 123 Å². The number of nitrogens with two attached hydrogens (primary N) is 1. The van der Waals surface area contributed by atoms with Crippen molar-refractivity contribution in [3.8, 4) is 0 Å². The Morgan fingerprint density at radius 2 is 1.86 bits per heavy atom. The Kier molecular flexibility index (Phi) is 4.29. The molecule has 0 saturated carbocycles. The summed E-state index contributed by atoms with van der Waals surface area (Å²) in [5.41, 5.74) is 7.67. The van der Waals surface area contributed by atoms with Gasteiger partial charge in [-0.2, -0.15) is 0 Å². The van der Waals surface area contributed by atoms with Crippen molar-refractivity contribution in [1.29, 1.82) is 0 Å². The predicted molar refractivity (Wildman–Crippen MR) is 81.0 cm³/mol. The summed E-state index contributed by atoms with van der Waals surface area (Å²) >= 11 is 0. The molecule has 6 heteroatoms. The fourth-order valence-electron chi connectivity index (χ4n) is 2.04. The van der Waals surface area contributed by atoms with E-state index < -0.39 is 15.8 Å². The highest BCUT2D eigenvalue weighted by atomic mass is 32.2. The van der Waals surface area contributed by atoms with E-state index in [1.54, 1.807) is 13.0 Å². The number of aryl methyl sites for hydroxylation is 1. The molecule has 3 N–H and O–H groups in total. The summed E-state index contributed by atoms with van der Waals surface area (Å²) in [4.78, 5) is 0.117.